The van der Waals surface area contributed by atoms with Crippen molar-refractivity contribution in [3.05, 3.63) is 24.1 Å². The molecule has 0 saturated carbocycles. The van der Waals surface area contributed by atoms with Gasteiger partial charge in [0.15, 0.2) is 0 Å². The van der Waals surface area contributed by atoms with Crippen molar-refractivity contribution < 1.29 is 9.18 Å². The maximum Gasteiger partial charge on any atom is 0.230 e. The Morgan fingerprint density at radius 2 is 2.38 bits per heavy atom. The van der Waals surface area contributed by atoms with E-state index in [0.29, 0.717) is 12.5 Å². The average Bonchev–Trinajstić information content (AvgIpc) is 2.64. The molecule has 2 N–H and O–H groups in total. The molecule has 1 aliphatic heterocycles. The third-order valence-electron chi connectivity index (χ3n) is 2.82. The number of aromatic nitrogens is 1. The molecule has 2 atom stereocenters. The number of nitrogens with one attached hydrogen (secondary N) is 2. The van der Waals surface area contributed by atoms with E-state index in [0.717, 1.165) is 6.54 Å². The fraction of sp³-hybridized carbons (Fsp3) is 0.455. The average molecular weight is 223 g/mol. The van der Waals surface area contributed by atoms with Crippen LogP contribution in [0.4, 0.5) is 10.2 Å². The molecular weight excluding hydrogens is 209 g/mol. The van der Waals surface area contributed by atoms with Crippen LogP contribution in [0.2, 0.25) is 0 Å². The van der Waals surface area contributed by atoms with Gasteiger partial charge in [-0.3, -0.25) is 4.79 Å². The van der Waals surface area contributed by atoms with E-state index in [1.165, 1.54) is 12.1 Å². The summed E-state index contributed by atoms with van der Waals surface area (Å²) < 4.78 is 12.8. The summed E-state index contributed by atoms with van der Waals surface area (Å²) in [6, 6.07) is 4.34. The lowest BCUT2D eigenvalue weighted by Gasteiger charge is -2.13. The van der Waals surface area contributed by atoms with E-state index in [9.17, 15) is 9.18 Å². The second-order valence-corrected chi connectivity index (χ2v) is 4.08. The number of anilines is 1. The largest absolute Gasteiger partial charge is 0.316 e. The van der Waals surface area contributed by atoms with Gasteiger partial charge in [-0.15, -0.1) is 0 Å². The summed E-state index contributed by atoms with van der Waals surface area (Å²) >= 11 is 0. The lowest BCUT2D eigenvalue weighted by molar-refractivity contribution is -0.120. The Hall–Kier alpha value is -1.49. The summed E-state index contributed by atoms with van der Waals surface area (Å²) in [5.41, 5.74) is 0. The highest BCUT2D eigenvalue weighted by atomic mass is 19.1. The molecule has 5 heteroatoms. The molecule has 0 aromatic carbocycles. The summed E-state index contributed by atoms with van der Waals surface area (Å²) in [7, 11) is 0. The van der Waals surface area contributed by atoms with Crippen LogP contribution in [-0.4, -0.2) is 24.0 Å². The van der Waals surface area contributed by atoms with Gasteiger partial charge < -0.3 is 10.6 Å². The first-order valence-corrected chi connectivity index (χ1v) is 5.31. The lowest BCUT2D eigenvalue weighted by Crippen LogP contribution is -2.28. The summed E-state index contributed by atoms with van der Waals surface area (Å²) in [4.78, 5) is 15.4. The Kier molecular flexibility index (Phi) is 3.14. The molecule has 1 aliphatic rings. The van der Waals surface area contributed by atoms with Crippen LogP contribution in [0, 0.1) is 17.8 Å². The molecule has 1 amide bonds. The third kappa shape index (κ3) is 2.36. The molecule has 1 fully saturated rings. The molecule has 2 heterocycles. The molecule has 0 bridgehead atoms. The first-order chi connectivity index (χ1) is 7.66. The number of carbonyl (C=O) groups is 1. The van der Waals surface area contributed by atoms with E-state index >= 15 is 0 Å². The minimum atomic E-state index is -0.588. The summed E-state index contributed by atoms with van der Waals surface area (Å²) in [5.74, 6) is -0.186. The molecule has 1 aromatic rings. The van der Waals surface area contributed by atoms with Crippen molar-refractivity contribution in [2.45, 2.75) is 6.92 Å². The molecule has 0 unspecified atom stereocenters. The van der Waals surface area contributed by atoms with Gasteiger partial charge in [0.25, 0.3) is 0 Å². The zero-order valence-electron chi connectivity index (χ0n) is 9.03. The number of rotatable bonds is 2. The Morgan fingerprint density at radius 3 is 3.00 bits per heavy atom. The molecule has 0 aliphatic carbocycles. The van der Waals surface area contributed by atoms with Gasteiger partial charge >= 0.3 is 0 Å². The number of hydrogen-bond donors (Lipinski definition) is 2. The second kappa shape index (κ2) is 4.57. The van der Waals surface area contributed by atoms with Gasteiger partial charge in [0, 0.05) is 6.54 Å². The van der Waals surface area contributed by atoms with Crippen molar-refractivity contribution in [2.75, 3.05) is 18.4 Å². The Bertz CT molecular complexity index is 397. The number of halogens is 1. The van der Waals surface area contributed by atoms with Crippen LogP contribution in [0.1, 0.15) is 6.92 Å². The van der Waals surface area contributed by atoms with E-state index in [1.807, 2.05) is 6.92 Å². The van der Waals surface area contributed by atoms with Crippen molar-refractivity contribution in [1.82, 2.24) is 10.3 Å². The molecule has 2 rings (SSSR count). The maximum atomic E-state index is 12.8. The van der Waals surface area contributed by atoms with Gasteiger partial charge in [-0.1, -0.05) is 13.0 Å². The van der Waals surface area contributed by atoms with Gasteiger partial charge in [0.2, 0.25) is 11.9 Å². The zero-order valence-corrected chi connectivity index (χ0v) is 9.03. The van der Waals surface area contributed by atoms with E-state index in [2.05, 4.69) is 15.6 Å². The van der Waals surface area contributed by atoms with Crippen molar-refractivity contribution >= 4 is 11.7 Å². The lowest BCUT2D eigenvalue weighted by atomic mass is 9.97. The van der Waals surface area contributed by atoms with Crippen molar-refractivity contribution in [2.24, 2.45) is 11.8 Å². The van der Waals surface area contributed by atoms with Crippen molar-refractivity contribution in [3.63, 3.8) is 0 Å². The van der Waals surface area contributed by atoms with Gasteiger partial charge in [-0.05, 0) is 24.6 Å². The number of nitrogens with zero attached hydrogens (tertiary/aromatic N) is 1. The van der Waals surface area contributed by atoms with Gasteiger partial charge in [0.05, 0.1) is 5.92 Å². The fourth-order valence-corrected chi connectivity index (χ4v) is 1.86. The molecule has 1 aromatic heterocycles. The highest BCUT2D eigenvalue weighted by Gasteiger charge is 2.29. The smallest absolute Gasteiger partial charge is 0.230 e. The Morgan fingerprint density at radius 1 is 1.56 bits per heavy atom. The number of amides is 1. The summed E-state index contributed by atoms with van der Waals surface area (Å²) in [6.45, 7) is 3.53. The van der Waals surface area contributed by atoms with E-state index in [-0.39, 0.29) is 17.6 Å². The van der Waals surface area contributed by atoms with Crippen LogP contribution < -0.4 is 10.6 Å². The molecule has 0 radical (unpaired) electrons. The maximum absolute atomic E-state index is 12.8. The van der Waals surface area contributed by atoms with Gasteiger partial charge in [-0.25, -0.2) is 4.98 Å². The normalized spacial score (nSPS) is 24.4. The Labute approximate surface area is 93.3 Å². The predicted molar refractivity (Wildman–Crippen MR) is 58.3 cm³/mol. The van der Waals surface area contributed by atoms with Crippen molar-refractivity contribution in [1.29, 1.82) is 0 Å². The SMILES string of the molecule is C[C@@H]1CNC[C@H]1C(=O)Nc1cccc(F)n1. The second-order valence-electron chi connectivity index (χ2n) is 4.08. The molecular formula is C11H14FN3O. The van der Waals surface area contributed by atoms with E-state index in [4.69, 9.17) is 0 Å². The van der Waals surface area contributed by atoms with E-state index < -0.39 is 5.95 Å². The third-order valence-corrected chi connectivity index (χ3v) is 2.82. The minimum Gasteiger partial charge on any atom is -0.316 e. The molecule has 4 nitrogen and oxygen atoms in total. The van der Waals surface area contributed by atoms with Gasteiger partial charge in [-0.2, -0.15) is 4.39 Å². The van der Waals surface area contributed by atoms with Crippen LogP contribution in [0.25, 0.3) is 0 Å². The summed E-state index contributed by atoms with van der Waals surface area (Å²) in [6.07, 6.45) is 0. The zero-order chi connectivity index (χ0) is 11.5. The highest BCUT2D eigenvalue weighted by Crippen LogP contribution is 2.17. The van der Waals surface area contributed by atoms with Gasteiger partial charge in [0.1, 0.15) is 5.82 Å². The number of carbonyl (C=O) groups excluding carboxylic acids is 1. The molecule has 1 saturated heterocycles. The Balaban J connectivity index is 2.02. The fourth-order valence-electron chi connectivity index (χ4n) is 1.86. The first-order valence-electron chi connectivity index (χ1n) is 5.31. The van der Waals surface area contributed by atoms with Crippen molar-refractivity contribution in [3.8, 4) is 0 Å². The topological polar surface area (TPSA) is 54.0 Å². The van der Waals surface area contributed by atoms with Crippen LogP contribution in [-0.2, 0) is 4.79 Å². The van der Waals surface area contributed by atoms with Crippen LogP contribution >= 0.6 is 0 Å². The monoisotopic (exact) mass is 223 g/mol. The first kappa shape index (κ1) is 11.0. The number of hydrogen-bond acceptors (Lipinski definition) is 3. The van der Waals surface area contributed by atoms with Crippen LogP contribution in [0.15, 0.2) is 18.2 Å². The highest BCUT2D eigenvalue weighted by molar-refractivity contribution is 5.92. The standard InChI is InChI=1S/C11H14FN3O/c1-7-5-13-6-8(7)11(16)15-10-4-2-3-9(12)14-10/h2-4,7-8,13H,5-6H2,1H3,(H,14,15,16)/t7-,8-/m1/s1. The molecule has 0 spiro atoms. The van der Waals surface area contributed by atoms with E-state index in [1.54, 1.807) is 6.07 Å². The van der Waals surface area contributed by atoms with Crippen LogP contribution in [0.5, 0.6) is 0 Å². The van der Waals surface area contributed by atoms with Crippen LogP contribution in [0.3, 0.4) is 0 Å². The number of pyridine rings is 1. The molecule has 86 valence electrons. The molecule has 16 heavy (non-hydrogen) atoms. The predicted octanol–water partition coefficient (Wildman–Crippen LogP) is 1.01. The minimum absolute atomic E-state index is 0.0648. The quantitative estimate of drug-likeness (QED) is 0.736. The summed E-state index contributed by atoms with van der Waals surface area (Å²) in [5, 5.41) is 5.77.